The number of amides is 2. The van der Waals surface area contributed by atoms with Gasteiger partial charge in [0.2, 0.25) is 5.91 Å². The predicted molar refractivity (Wildman–Crippen MR) is 98.5 cm³/mol. The Morgan fingerprint density at radius 2 is 1.88 bits per heavy atom. The SMILES string of the molecule is CC(C)CCN1C(=O)c2ccccc2C1C(=O)NCC(=O)OC(C)(C)C. The highest BCUT2D eigenvalue weighted by Gasteiger charge is 2.40. The summed E-state index contributed by atoms with van der Waals surface area (Å²) in [6.45, 7) is 9.73. The quantitative estimate of drug-likeness (QED) is 0.792. The lowest BCUT2D eigenvalue weighted by atomic mass is 10.0. The molecule has 0 aromatic heterocycles. The number of carbonyl (C=O) groups is 3. The first-order chi connectivity index (χ1) is 12.1. The Labute approximate surface area is 154 Å². The number of ether oxygens (including phenoxy) is 1. The fourth-order valence-corrected chi connectivity index (χ4v) is 2.91. The summed E-state index contributed by atoms with van der Waals surface area (Å²) in [7, 11) is 0. The highest BCUT2D eigenvalue weighted by molar-refractivity contribution is 6.05. The van der Waals surface area contributed by atoms with Crippen LogP contribution in [0.5, 0.6) is 0 Å². The van der Waals surface area contributed by atoms with Crippen molar-refractivity contribution in [3.8, 4) is 0 Å². The van der Waals surface area contributed by atoms with E-state index in [1.165, 1.54) is 0 Å². The van der Waals surface area contributed by atoms with E-state index in [1.807, 2.05) is 6.07 Å². The van der Waals surface area contributed by atoms with Gasteiger partial charge in [0, 0.05) is 12.1 Å². The fraction of sp³-hybridized carbons (Fsp3) is 0.550. The van der Waals surface area contributed by atoms with Gasteiger partial charge in [0.05, 0.1) is 0 Å². The summed E-state index contributed by atoms with van der Waals surface area (Å²) in [6, 6.07) is 6.42. The van der Waals surface area contributed by atoms with Gasteiger partial charge in [-0.05, 0) is 44.7 Å². The van der Waals surface area contributed by atoms with Crippen LogP contribution in [-0.4, -0.2) is 41.4 Å². The summed E-state index contributed by atoms with van der Waals surface area (Å²) < 4.78 is 5.21. The lowest BCUT2D eigenvalue weighted by molar-refractivity contribution is -0.154. The number of fused-ring (bicyclic) bond motifs is 1. The van der Waals surface area contributed by atoms with E-state index in [-0.39, 0.29) is 18.4 Å². The molecule has 0 spiro atoms. The van der Waals surface area contributed by atoms with E-state index >= 15 is 0 Å². The van der Waals surface area contributed by atoms with Crippen LogP contribution in [0.3, 0.4) is 0 Å². The van der Waals surface area contributed by atoms with E-state index in [0.717, 1.165) is 6.42 Å². The standard InChI is InChI=1S/C20H28N2O4/c1-13(2)10-11-22-17(14-8-6-7-9-15(14)19(22)25)18(24)21-12-16(23)26-20(3,4)5/h6-9,13,17H,10-12H2,1-5H3,(H,21,24). The van der Waals surface area contributed by atoms with Crippen LogP contribution in [0.15, 0.2) is 24.3 Å². The maximum Gasteiger partial charge on any atom is 0.325 e. The summed E-state index contributed by atoms with van der Waals surface area (Å²) in [5, 5.41) is 2.62. The molecule has 0 bridgehead atoms. The normalized spacial score (nSPS) is 16.6. The molecule has 0 saturated heterocycles. The van der Waals surface area contributed by atoms with Crippen molar-refractivity contribution < 1.29 is 19.1 Å². The highest BCUT2D eigenvalue weighted by Crippen LogP contribution is 2.34. The summed E-state index contributed by atoms with van der Waals surface area (Å²) in [6.07, 6.45) is 0.801. The number of rotatable bonds is 6. The zero-order valence-corrected chi connectivity index (χ0v) is 16.2. The Morgan fingerprint density at radius 3 is 2.50 bits per heavy atom. The molecule has 2 amide bonds. The lowest BCUT2D eigenvalue weighted by Crippen LogP contribution is -2.42. The van der Waals surface area contributed by atoms with Gasteiger partial charge in [-0.2, -0.15) is 0 Å². The van der Waals surface area contributed by atoms with Gasteiger partial charge in [-0.15, -0.1) is 0 Å². The second-order valence-electron chi connectivity index (χ2n) is 7.98. The van der Waals surface area contributed by atoms with Crippen LogP contribution in [0.1, 0.15) is 63.0 Å². The molecule has 1 atom stereocenters. The van der Waals surface area contributed by atoms with Crippen molar-refractivity contribution >= 4 is 17.8 Å². The van der Waals surface area contributed by atoms with Crippen LogP contribution in [0, 0.1) is 5.92 Å². The van der Waals surface area contributed by atoms with Crippen molar-refractivity contribution in [2.24, 2.45) is 5.92 Å². The second kappa shape index (κ2) is 7.89. The van der Waals surface area contributed by atoms with Crippen LogP contribution >= 0.6 is 0 Å². The van der Waals surface area contributed by atoms with E-state index in [2.05, 4.69) is 19.2 Å². The molecule has 1 unspecified atom stereocenters. The van der Waals surface area contributed by atoms with Gasteiger partial charge in [0.1, 0.15) is 18.2 Å². The van der Waals surface area contributed by atoms with Gasteiger partial charge < -0.3 is 15.0 Å². The van der Waals surface area contributed by atoms with Gasteiger partial charge in [-0.3, -0.25) is 14.4 Å². The minimum Gasteiger partial charge on any atom is -0.459 e. The molecule has 1 aromatic rings. The molecule has 1 heterocycles. The molecule has 0 radical (unpaired) electrons. The molecule has 6 heteroatoms. The van der Waals surface area contributed by atoms with Crippen LogP contribution in [-0.2, 0) is 14.3 Å². The summed E-state index contributed by atoms with van der Waals surface area (Å²) in [5.74, 6) is -0.592. The van der Waals surface area contributed by atoms with Gasteiger partial charge in [-0.1, -0.05) is 32.0 Å². The molecular formula is C20H28N2O4. The minimum absolute atomic E-state index is 0.140. The van der Waals surface area contributed by atoms with Crippen molar-refractivity contribution in [3.63, 3.8) is 0 Å². The predicted octanol–water partition coefficient (Wildman–Crippen LogP) is 2.69. The molecule has 0 aliphatic carbocycles. The zero-order chi connectivity index (χ0) is 19.5. The molecule has 0 saturated carbocycles. The number of nitrogens with one attached hydrogen (secondary N) is 1. The highest BCUT2D eigenvalue weighted by atomic mass is 16.6. The van der Waals surface area contributed by atoms with Crippen LogP contribution in [0.25, 0.3) is 0 Å². The minimum atomic E-state index is -0.708. The van der Waals surface area contributed by atoms with E-state index in [4.69, 9.17) is 4.74 Å². The molecular weight excluding hydrogens is 332 g/mol. The summed E-state index contributed by atoms with van der Waals surface area (Å²) in [4.78, 5) is 38.9. The molecule has 2 rings (SSSR count). The number of esters is 1. The number of benzene rings is 1. The smallest absolute Gasteiger partial charge is 0.325 e. The van der Waals surface area contributed by atoms with Gasteiger partial charge >= 0.3 is 5.97 Å². The summed E-state index contributed by atoms with van der Waals surface area (Å²) in [5.41, 5.74) is 0.623. The Kier molecular flexibility index (Phi) is 6.05. The molecule has 142 valence electrons. The number of hydrogen-bond donors (Lipinski definition) is 1. The average Bonchev–Trinajstić information content (AvgIpc) is 2.82. The molecule has 26 heavy (non-hydrogen) atoms. The monoisotopic (exact) mass is 360 g/mol. The molecule has 1 aliphatic heterocycles. The first-order valence-corrected chi connectivity index (χ1v) is 8.99. The molecule has 1 aliphatic rings. The zero-order valence-electron chi connectivity index (χ0n) is 16.2. The first kappa shape index (κ1) is 19.9. The molecule has 0 fully saturated rings. The van der Waals surface area contributed by atoms with E-state index < -0.39 is 17.6 Å². The molecule has 1 N–H and O–H groups in total. The number of nitrogens with zero attached hydrogens (tertiary/aromatic N) is 1. The number of hydrogen-bond acceptors (Lipinski definition) is 4. The second-order valence-corrected chi connectivity index (χ2v) is 7.98. The average molecular weight is 360 g/mol. The third-order valence-corrected chi connectivity index (χ3v) is 4.08. The van der Waals surface area contributed by atoms with E-state index in [1.54, 1.807) is 43.9 Å². The molecule has 6 nitrogen and oxygen atoms in total. The van der Waals surface area contributed by atoms with Gasteiger partial charge in [0.25, 0.3) is 5.91 Å². The van der Waals surface area contributed by atoms with Crippen molar-refractivity contribution in [1.29, 1.82) is 0 Å². The number of carbonyl (C=O) groups excluding carboxylic acids is 3. The van der Waals surface area contributed by atoms with Crippen LogP contribution < -0.4 is 5.32 Å². The third kappa shape index (κ3) is 4.84. The third-order valence-electron chi connectivity index (χ3n) is 4.08. The van der Waals surface area contributed by atoms with Crippen molar-refractivity contribution in [3.05, 3.63) is 35.4 Å². The topological polar surface area (TPSA) is 75.7 Å². The van der Waals surface area contributed by atoms with Crippen LogP contribution in [0.2, 0.25) is 0 Å². The maximum absolute atomic E-state index is 12.8. The maximum atomic E-state index is 12.8. The van der Waals surface area contributed by atoms with Crippen LogP contribution in [0.4, 0.5) is 0 Å². The van der Waals surface area contributed by atoms with E-state index in [9.17, 15) is 14.4 Å². The van der Waals surface area contributed by atoms with Gasteiger partial charge in [-0.25, -0.2) is 0 Å². The lowest BCUT2D eigenvalue weighted by Gasteiger charge is -2.25. The van der Waals surface area contributed by atoms with Crippen molar-refractivity contribution in [2.45, 2.75) is 52.7 Å². The fourth-order valence-electron chi connectivity index (χ4n) is 2.91. The van der Waals surface area contributed by atoms with Crippen molar-refractivity contribution in [1.82, 2.24) is 10.2 Å². The van der Waals surface area contributed by atoms with E-state index in [0.29, 0.717) is 23.6 Å². The first-order valence-electron chi connectivity index (χ1n) is 8.99. The Balaban J connectivity index is 2.13. The Bertz CT molecular complexity index is 691. The molecule has 1 aromatic carbocycles. The Morgan fingerprint density at radius 1 is 1.23 bits per heavy atom. The van der Waals surface area contributed by atoms with Gasteiger partial charge in [0.15, 0.2) is 0 Å². The largest absolute Gasteiger partial charge is 0.459 e. The van der Waals surface area contributed by atoms with Crippen molar-refractivity contribution in [2.75, 3.05) is 13.1 Å². The summed E-state index contributed by atoms with van der Waals surface area (Å²) >= 11 is 0. The Hall–Kier alpha value is -2.37.